The Morgan fingerprint density at radius 3 is 2.42 bits per heavy atom. The molecule has 2 aromatic carbocycles. The fourth-order valence-electron chi connectivity index (χ4n) is 3.00. The molecule has 7 heteroatoms. The zero-order valence-electron chi connectivity index (χ0n) is 18.9. The van der Waals surface area contributed by atoms with Crippen LogP contribution in [0, 0.1) is 6.92 Å². The van der Waals surface area contributed by atoms with Crippen molar-refractivity contribution in [3.63, 3.8) is 0 Å². The summed E-state index contributed by atoms with van der Waals surface area (Å²) in [5, 5.41) is 5.73. The third kappa shape index (κ3) is 6.61. The molecular formula is C26H27N3O4. The molecule has 2 N–H and O–H groups in total. The van der Waals surface area contributed by atoms with Gasteiger partial charge in [-0.2, -0.15) is 0 Å². The van der Waals surface area contributed by atoms with Crippen LogP contribution in [0.2, 0.25) is 0 Å². The first-order chi connectivity index (χ1) is 15.9. The molecule has 0 saturated heterocycles. The summed E-state index contributed by atoms with van der Waals surface area (Å²) in [7, 11) is 3.28. The van der Waals surface area contributed by atoms with Crippen molar-refractivity contribution in [1.29, 1.82) is 0 Å². The zero-order valence-corrected chi connectivity index (χ0v) is 18.9. The number of methoxy groups -OCH3 is 1. The van der Waals surface area contributed by atoms with E-state index in [-0.39, 0.29) is 18.1 Å². The lowest BCUT2D eigenvalue weighted by Gasteiger charge is -2.22. The predicted molar refractivity (Wildman–Crippen MR) is 129 cm³/mol. The van der Waals surface area contributed by atoms with Gasteiger partial charge in [-0.05, 0) is 43.3 Å². The molecule has 0 atom stereocenters. The van der Waals surface area contributed by atoms with Gasteiger partial charge in [-0.1, -0.05) is 36.4 Å². The van der Waals surface area contributed by atoms with Gasteiger partial charge in [0.25, 0.3) is 0 Å². The number of ether oxygens (including phenoxy) is 1. The lowest BCUT2D eigenvalue weighted by molar-refractivity contribution is -0.116. The van der Waals surface area contributed by atoms with Crippen LogP contribution in [0.25, 0.3) is 17.4 Å². The Hall–Kier alpha value is -4.26. The Morgan fingerprint density at radius 1 is 1.09 bits per heavy atom. The highest BCUT2D eigenvalue weighted by molar-refractivity contribution is 5.92. The van der Waals surface area contributed by atoms with Gasteiger partial charge in [0.2, 0.25) is 5.91 Å². The summed E-state index contributed by atoms with van der Waals surface area (Å²) in [6, 6.07) is 18.7. The lowest BCUT2D eigenvalue weighted by atomic mass is 10.1. The third-order valence-corrected chi connectivity index (χ3v) is 4.89. The SMILES string of the molecule is C=C(N/C(C=O)=C\c1ccc(-c2ccc(C)cc2)o1)N(C)CC(=O)Nc1ccc(OC)cc1. The standard InChI is InChI=1S/C26H27N3O4/c1-18-5-7-20(8-6-18)25-14-13-24(33-25)15-22(17-30)27-19(2)29(3)16-26(31)28-21-9-11-23(32-4)12-10-21/h5-15,17,27H,2,16H2,1,3-4H3,(H,28,31)/b22-15-. The largest absolute Gasteiger partial charge is 0.497 e. The zero-order chi connectivity index (χ0) is 23.8. The van der Waals surface area contributed by atoms with Crippen molar-refractivity contribution in [2.24, 2.45) is 0 Å². The topological polar surface area (TPSA) is 83.8 Å². The molecule has 170 valence electrons. The van der Waals surface area contributed by atoms with E-state index in [0.29, 0.717) is 35.1 Å². The number of nitrogens with zero attached hydrogens (tertiary/aromatic N) is 1. The van der Waals surface area contributed by atoms with E-state index in [0.717, 1.165) is 11.1 Å². The molecule has 1 heterocycles. The molecule has 3 aromatic rings. The van der Waals surface area contributed by atoms with E-state index in [4.69, 9.17) is 9.15 Å². The van der Waals surface area contributed by atoms with Crippen molar-refractivity contribution in [3.05, 3.63) is 90.1 Å². The Labute approximate surface area is 193 Å². The summed E-state index contributed by atoms with van der Waals surface area (Å²) in [4.78, 5) is 25.5. The van der Waals surface area contributed by atoms with E-state index >= 15 is 0 Å². The molecule has 0 radical (unpaired) electrons. The number of nitrogens with one attached hydrogen (secondary N) is 2. The van der Waals surface area contributed by atoms with Crippen molar-refractivity contribution in [2.75, 3.05) is 26.0 Å². The summed E-state index contributed by atoms with van der Waals surface area (Å²) in [5.74, 6) is 2.10. The van der Waals surface area contributed by atoms with Gasteiger partial charge in [-0.25, -0.2) is 0 Å². The van der Waals surface area contributed by atoms with E-state index < -0.39 is 0 Å². The maximum atomic E-state index is 12.3. The van der Waals surface area contributed by atoms with Crippen molar-refractivity contribution in [3.8, 4) is 17.1 Å². The molecule has 0 aliphatic rings. The van der Waals surface area contributed by atoms with E-state index in [1.54, 1.807) is 55.5 Å². The lowest BCUT2D eigenvalue weighted by Crippen LogP contribution is -2.34. The van der Waals surface area contributed by atoms with Crippen LogP contribution >= 0.6 is 0 Å². The van der Waals surface area contributed by atoms with E-state index in [1.807, 2.05) is 37.3 Å². The summed E-state index contributed by atoms with van der Waals surface area (Å²) in [6.45, 7) is 5.98. The number of hydrogen-bond donors (Lipinski definition) is 2. The molecule has 7 nitrogen and oxygen atoms in total. The molecular weight excluding hydrogens is 418 g/mol. The predicted octanol–water partition coefficient (Wildman–Crippen LogP) is 4.43. The number of benzene rings is 2. The van der Waals surface area contributed by atoms with Gasteiger partial charge in [-0.15, -0.1) is 0 Å². The summed E-state index contributed by atoms with van der Waals surface area (Å²) < 4.78 is 10.9. The highest BCUT2D eigenvalue weighted by Gasteiger charge is 2.11. The number of aldehydes is 1. The quantitative estimate of drug-likeness (QED) is 0.355. The van der Waals surface area contributed by atoms with E-state index in [2.05, 4.69) is 17.2 Å². The van der Waals surface area contributed by atoms with Crippen LogP contribution in [0.3, 0.4) is 0 Å². The summed E-state index contributed by atoms with van der Waals surface area (Å²) in [6.07, 6.45) is 2.26. The minimum Gasteiger partial charge on any atom is -0.497 e. The van der Waals surface area contributed by atoms with E-state index in [9.17, 15) is 9.59 Å². The van der Waals surface area contributed by atoms with Crippen molar-refractivity contribution >= 4 is 24.0 Å². The first-order valence-corrected chi connectivity index (χ1v) is 10.3. The molecule has 3 rings (SSSR count). The average Bonchev–Trinajstić information content (AvgIpc) is 3.27. The van der Waals surface area contributed by atoms with Crippen LogP contribution in [0.4, 0.5) is 5.69 Å². The van der Waals surface area contributed by atoms with Gasteiger partial charge in [0, 0.05) is 24.4 Å². The fraction of sp³-hybridized carbons (Fsp3) is 0.154. The van der Waals surface area contributed by atoms with Gasteiger partial charge < -0.3 is 24.7 Å². The maximum Gasteiger partial charge on any atom is 0.243 e. The monoisotopic (exact) mass is 445 g/mol. The molecule has 0 fully saturated rings. The maximum absolute atomic E-state index is 12.3. The van der Waals surface area contributed by atoms with Gasteiger partial charge in [0.05, 0.1) is 25.2 Å². The first kappa shape index (κ1) is 23.4. The fourth-order valence-corrected chi connectivity index (χ4v) is 3.00. The number of hydrogen-bond acceptors (Lipinski definition) is 6. The number of furan rings is 1. The van der Waals surface area contributed by atoms with Crippen LogP contribution in [-0.4, -0.2) is 37.8 Å². The van der Waals surface area contributed by atoms with Gasteiger partial charge in [0.1, 0.15) is 17.3 Å². The Morgan fingerprint density at radius 2 is 1.79 bits per heavy atom. The van der Waals surface area contributed by atoms with Crippen molar-refractivity contribution in [2.45, 2.75) is 6.92 Å². The molecule has 1 aromatic heterocycles. The number of likely N-dealkylation sites (N-methyl/N-ethyl adjacent to an activating group) is 1. The normalized spacial score (nSPS) is 10.9. The van der Waals surface area contributed by atoms with Gasteiger partial charge in [-0.3, -0.25) is 9.59 Å². The number of anilines is 1. The molecule has 0 spiro atoms. The second kappa shape index (κ2) is 10.9. The highest BCUT2D eigenvalue weighted by Crippen LogP contribution is 2.23. The number of carbonyl (C=O) groups excluding carboxylic acids is 2. The number of allylic oxidation sites excluding steroid dienone is 1. The highest BCUT2D eigenvalue weighted by atomic mass is 16.5. The molecule has 0 bridgehead atoms. The van der Waals surface area contributed by atoms with Crippen LogP contribution < -0.4 is 15.4 Å². The number of amides is 1. The average molecular weight is 446 g/mol. The number of rotatable bonds is 10. The van der Waals surface area contributed by atoms with Crippen molar-refractivity contribution < 1.29 is 18.7 Å². The first-order valence-electron chi connectivity index (χ1n) is 10.3. The van der Waals surface area contributed by atoms with Crippen LogP contribution in [0.1, 0.15) is 11.3 Å². The third-order valence-electron chi connectivity index (χ3n) is 4.89. The second-order valence-corrected chi connectivity index (χ2v) is 7.49. The van der Waals surface area contributed by atoms with Gasteiger partial charge in [0.15, 0.2) is 6.29 Å². The minimum atomic E-state index is -0.226. The Bertz CT molecular complexity index is 1150. The van der Waals surface area contributed by atoms with Crippen LogP contribution in [0.5, 0.6) is 5.75 Å². The minimum absolute atomic E-state index is 0.0440. The smallest absolute Gasteiger partial charge is 0.243 e. The van der Waals surface area contributed by atoms with Crippen LogP contribution in [0.15, 0.2) is 83.2 Å². The second-order valence-electron chi connectivity index (χ2n) is 7.49. The Balaban J connectivity index is 1.58. The molecule has 33 heavy (non-hydrogen) atoms. The summed E-state index contributed by atoms with van der Waals surface area (Å²) >= 11 is 0. The van der Waals surface area contributed by atoms with Crippen LogP contribution in [-0.2, 0) is 9.59 Å². The Kier molecular flexibility index (Phi) is 7.70. The molecule has 0 aliphatic carbocycles. The number of carbonyl (C=O) groups is 2. The summed E-state index contributed by atoms with van der Waals surface area (Å²) in [5.41, 5.74) is 3.03. The van der Waals surface area contributed by atoms with E-state index in [1.165, 1.54) is 0 Å². The van der Waals surface area contributed by atoms with Crippen molar-refractivity contribution in [1.82, 2.24) is 10.2 Å². The molecule has 1 amide bonds. The van der Waals surface area contributed by atoms with Gasteiger partial charge >= 0.3 is 0 Å². The molecule has 0 saturated carbocycles. The molecule has 0 unspecified atom stereocenters. The number of aryl methyl sites for hydroxylation is 1. The molecule has 0 aliphatic heterocycles.